The molecular formula is C27H43N3O4S. The van der Waals surface area contributed by atoms with Crippen LogP contribution < -0.4 is 0 Å². The number of carbonyl (C=O) groups is 2. The Labute approximate surface area is 214 Å². The highest BCUT2D eigenvalue weighted by molar-refractivity contribution is 7.11. The van der Waals surface area contributed by atoms with Crippen LogP contribution in [0.4, 0.5) is 0 Å². The number of rotatable bonds is 4. The molecule has 0 radical (unpaired) electrons. The van der Waals surface area contributed by atoms with E-state index in [-0.39, 0.29) is 47.6 Å². The molecule has 2 heterocycles. The molecule has 1 aliphatic heterocycles. The van der Waals surface area contributed by atoms with Gasteiger partial charge in [-0.25, -0.2) is 4.98 Å². The summed E-state index contributed by atoms with van der Waals surface area (Å²) in [6.45, 7) is 15.6. The number of ether oxygens (including phenoxy) is 1. The van der Waals surface area contributed by atoms with Crippen LogP contribution in [-0.4, -0.2) is 71.1 Å². The lowest BCUT2D eigenvalue weighted by Gasteiger charge is -2.53. The van der Waals surface area contributed by atoms with Crippen molar-refractivity contribution in [1.82, 2.24) is 14.8 Å². The van der Waals surface area contributed by atoms with E-state index in [4.69, 9.17) is 9.72 Å². The molecule has 7 nitrogen and oxygen atoms in total. The first-order valence-corrected chi connectivity index (χ1v) is 13.9. The summed E-state index contributed by atoms with van der Waals surface area (Å²) in [4.78, 5) is 35.9. The van der Waals surface area contributed by atoms with E-state index < -0.39 is 11.5 Å². The number of nitrogens with zero attached hydrogens (tertiary/aromatic N) is 3. The zero-order valence-corrected chi connectivity index (χ0v) is 23.3. The number of carbonyl (C=O) groups excluding carboxylic acids is 2. The van der Waals surface area contributed by atoms with E-state index >= 15 is 0 Å². The summed E-state index contributed by atoms with van der Waals surface area (Å²) in [6.07, 6.45) is 2.21. The van der Waals surface area contributed by atoms with Gasteiger partial charge in [-0.1, -0.05) is 20.8 Å². The number of piperazine rings is 1. The van der Waals surface area contributed by atoms with Gasteiger partial charge in [-0.3, -0.25) is 9.59 Å². The molecule has 0 bridgehead atoms. The molecule has 1 N–H and O–H groups in total. The van der Waals surface area contributed by atoms with Crippen LogP contribution in [0.15, 0.2) is 0 Å². The Hall–Kier alpha value is -1.51. The van der Waals surface area contributed by atoms with Crippen molar-refractivity contribution in [2.24, 2.45) is 28.6 Å². The van der Waals surface area contributed by atoms with Crippen LogP contribution in [0, 0.1) is 28.6 Å². The van der Waals surface area contributed by atoms with Crippen molar-refractivity contribution in [3.05, 3.63) is 15.6 Å². The molecule has 1 aromatic heterocycles. The minimum Gasteiger partial charge on any atom is -0.458 e. The molecule has 0 unspecified atom stereocenters. The van der Waals surface area contributed by atoms with Crippen LogP contribution >= 0.6 is 11.3 Å². The fourth-order valence-corrected chi connectivity index (χ4v) is 7.78. The van der Waals surface area contributed by atoms with Crippen molar-refractivity contribution in [3.8, 4) is 0 Å². The van der Waals surface area contributed by atoms with Gasteiger partial charge in [0.2, 0.25) is 5.91 Å². The summed E-state index contributed by atoms with van der Waals surface area (Å²) >= 11 is 1.64. The average Bonchev–Trinajstić information content (AvgIpc) is 3.19. The molecule has 3 aliphatic rings. The SMILES string of the molecule is C[C@H](C(=O)N1CCN(C)CC1)[C@@H]1CC[C@]2(C)Cc3sc(COC(=O)C(C)(C)C)nc3[C@H](C)[C@@H]2[C@H]1O. The first-order valence-electron chi connectivity index (χ1n) is 13.1. The van der Waals surface area contributed by atoms with E-state index in [2.05, 4.69) is 25.8 Å². The van der Waals surface area contributed by atoms with Crippen molar-refractivity contribution < 1.29 is 19.4 Å². The molecule has 1 amide bonds. The number of likely N-dealkylation sites (N-methyl/N-ethyl adjacent to an activating group) is 1. The Balaban J connectivity index is 1.48. The van der Waals surface area contributed by atoms with Crippen molar-refractivity contribution in [3.63, 3.8) is 0 Å². The van der Waals surface area contributed by atoms with Gasteiger partial charge in [0.25, 0.3) is 0 Å². The number of hydrogen-bond donors (Lipinski definition) is 1. The van der Waals surface area contributed by atoms with Crippen LogP contribution in [0.3, 0.4) is 0 Å². The second-order valence-electron chi connectivity index (χ2n) is 12.5. The Bertz CT molecular complexity index is 949. The Morgan fingerprint density at radius 3 is 2.54 bits per heavy atom. The number of aliphatic hydroxyl groups is 1. The quantitative estimate of drug-likeness (QED) is 0.629. The standard InChI is InChI=1S/C27H43N3O4S/c1-16(24(32)30-12-10-29(7)11-13-30)18-8-9-27(6)14-19-22(17(2)21(27)23(18)31)28-20(35-19)15-34-25(33)26(3,4)5/h16-18,21,23,31H,8-15H2,1-7H3/t16-,17+,18-,21+,23-,27+/m0/s1. The zero-order chi connectivity index (χ0) is 25.7. The Morgan fingerprint density at radius 1 is 1.26 bits per heavy atom. The predicted molar refractivity (Wildman–Crippen MR) is 137 cm³/mol. The van der Waals surface area contributed by atoms with Crippen LogP contribution in [0.2, 0.25) is 0 Å². The molecule has 1 saturated heterocycles. The molecule has 196 valence electrons. The third kappa shape index (κ3) is 5.16. The summed E-state index contributed by atoms with van der Waals surface area (Å²) < 4.78 is 5.52. The third-order valence-electron chi connectivity index (χ3n) is 8.75. The zero-order valence-electron chi connectivity index (χ0n) is 22.5. The number of hydrogen-bond acceptors (Lipinski definition) is 7. The predicted octanol–water partition coefficient (Wildman–Crippen LogP) is 3.70. The molecular weight excluding hydrogens is 462 g/mol. The second-order valence-corrected chi connectivity index (χ2v) is 13.7. The molecule has 35 heavy (non-hydrogen) atoms. The number of fused-ring (bicyclic) bond motifs is 2. The van der Waals surface area contributed by atoms with E-state index in [1.54, 1.807) is 11.3 Å². The van der Waals surface area contributed by atoms with Crippen molar-refractivity contribution in [1.29, 1.82) is 0 Å². The maximum Gasteiger partial charge on any atom is 0.311 e. The van der Waals surface area contributed by atoms with Gasteiger partial charge in [0.15, 0.2) is 0 Å². The van der Waals surface area contributed by atoms with Crippen LogP contribution in [0.5, 0.6) is 0 Å². The Kier molecular flexibility index (Phi) is 7.39. The average molecular weight is 506 g/mol. The van der Waals surface area contributed by atoms with E-state index in [0.717, 1.165) is 56.1 Å². The molecule has 6 atom stereocenters. The van der Waals surface area contributed by atoms with Crippen molar-refractivity contribution in [2.45, 2.75) is 79.4 Å². The fourth-order valence-electron chi connectivity index (χ4n) is 6.50. The number of aromatic nitrogens is 1. The highest BCUT2D eigenvalue weighted by Gasteiger charge is 2.54. The van der Waals surface area contributed by atoms with Gasteiger partial charge in [0.1, 0.15) is 11.6 Å². The molecule has 1 aromatic rings. The topological polar surface area (TPSA) is 83.0 Å². The first-order chi connectivity index (χ1) is 16.3. The van der Waals surface area contributed by atoms with Gasteiger partial charge in [-0.15, -0.1) is 11.3 Å². The largest absolute Gasteiger partial charge is 0.458 e. The normalized spacial score (nSPS) is 32.5. The van der Waals surface area contributed by atoms with Gasteiger partial charge in [-0.05, 0) is 64.3 Å². The van der Waals surface area contributed by atoms with Gasteiger partial charge >= 0.3 is 5.97 Å². The van der Waals surface area contributed by atoms with Gasteiger partial charge in [0.05, 0.1) is 17.2 Å². The lowest BCUT2D eigenvalue weighted by Crippen LogP contribution is -2.55. The third-order valence-corrected chi connectivity index (χ3v) is 9.80. The lowest BCUT2D eigenvalue weighted by atomic mass is 9.53. The summed E-state index contributed by atoms with van der Waals surface area (Å²) in [5, 5.41) is 12.5. The number of thiazole rings is 1. The molecule has 2 aliphatic carbocycles. The smallest absolute Gasteiger partial charge is 0.311 e. The van der Waals surface area contributed by atoms with Crippen molar-refractivity contribution >= 4 is 23.2 Å². The molecule has 1 saturated carbocycles. The van der Waals surface area contributed by atoms with Crippen LogP contribution in [0.25, 0.3) is 0 Å². The minimum absolute atomic E-state index is 0.0230. The summed E-state index contributed by atoms with van der Waals surface area (Å²) in [7, 11) is 2.09. The first kappa shape index (κ1) is 26.6. The van der Waals surface area contributed by atoms with E-state index in [9.17, 15) is 14.7 Å². The highest BCUT2D eigenvalue weighted by Crippen LogP contribution is 2.57. The van der Waals surface area contributed by atoms with Crippen LogP contribution in [0.1, 0.15) is 75.9 Å². The number of esters is 1. The van der Waals surface area contributed by atoms with Gasteiger partial charge in [0, 0.05) is 42.9 Å². The summed E-state index contributed by atoms with van der Waals surface area (Å²) in [5.41, 5.74) is 0.478. The van der Waals surface area contributed by atoms with Crippen molar-refractivity contribution in [2.75, 3.05) is 33.2 Å². The minimum atomic E-state index is -0.538. The molecule has 2 fully saturated rings. The van der Waals surface area contributed by atoms with E-state index in [1.807, 2.05) is 32.6 Å². The number of amides is 1. The Morgan fingerprint density at radius 2 is 1.91 bits per heavy atom. The highest BCUT2D eigenvalue weighted by atomic mass is 32.1. The molecule has 4 rings (SSSR count). The maximum absolute atomic E-state index is 13.3. The second kappa shape index (κ2) is 9.75. The summed E-state index contributed by atoms with van der Waals surface area (Å²) in [6, 6.07) is 0. The monoisotopic (exact) mass is 505 g/mol. The van der Waals surface area contributed by atoms with E-state index in [0.29, 0.717) is 0 Å². The number of aliphatic hydroxyl groups excluding tert-OH is 1. The fraction of sp³-hybridized carbons (Fsp3) is 0.815. The molecule has 0 aromatic carbocycles. The van der Waals surface area contributed by atoms with Gasteiger partial charge < -0.3 is 19.6 Å². The molecule has 8 heteroatoms. The summed E-state index contributed by atoms with van der Waals surface area (Å²) in [5.74, 6) is -0.105. The molecule has 0 spiro atoms. The van der Waals surface area contributed by atoms with Gasteiger partial charge in [-0.2, -0.15) is 0 Å². The maximum atomic E-state index is 13.3. The lowest BCUT2D eigenvalue weighted by molar-refractivity contribution is -0.154. The van der Waals surface area contributed by atoms with E-state index in [1.165, 1.54) is 4.88 Å². The van der Waals surface area contributed by atoms with Crippen LogP contribution in [-0.2, 0) is 27.4 Å².